The Balaban J connectivity index is 1.85. The van der Waals surface area contributed by atoms with Crippen LogP contribution in [0.1, 0.15) is 53.8 Å². The fourth-order valence-corrected chi connectivity index (χ4v) is 2.92. The van der Waals surface area contributed by atoms with Gasteiger partial charge in [-0.15, -0.1) is 0 Å². The van der Waals surface area contributed by atoms with Gasteiger partial charge in [0.2, 0.25) is 11.7 Å². The number of hydrogen-bond acceptors (Lipinski definition) is 5. The lowest BCUT2D eigenvalue weighted by atomic mass is 10.0. The predicted molar refractivity (Wildman–Crippen MR) is 76.8 cm³/mol. The van der Waals surface area contributed by atoms with Crippen LogP contribution in [-0.4, -0.2) is 15.9 Å². The maximum atomic E-state index is 12.1. The number of carbonyl (C=O) groups excluding carboxylic acids is 1. The van der Waals surface area contributed by atoms with Crippen molar-refractivity contribution in [3.05, 3.63) is 40.0 Å². The molecule has 1 aromatic heterocycles. The van der Waals surface area contributed by atoms with Gasteiger partial charge in [0, 0.05) is 17.9 Å². The molecule has 0 unspecified atom stereocenters. The standard InChI is InChI=1S/C15H15ClN2O3/c1-3-13-17-12(18-21-13)7-20-11-5-4-9(16)14-8(2)6-10(19)15(11)14/h4-5,8H,3,6-7H2,1-2H3/t8-/m1/s1. The van der Waals surface area contributed by atoms with Crippen molar-refractivity contribution in [3.8, 4) is 5.75 Å². The van der Waals surface area contributed by atoms with Crippen LogP contribution in [0.15, 0.2) is 16.7 Å². The molecule has 0 spiro atoms. The lowest BCUT2D eigenvalue weighted by molar-refractivity contribution is 0.0986. The highest BCUT2D eigenvalue weighted by atomic mass is 35.5. The first-order valence-corrected chi connectivity index (χ1v) is 7.27. The molecule has 1 aliphatic carbocycles. The second kappa shape index (κ2) is 5.48. The van der Waals surface area contributed by atoms with Gasteiger partial charge in [-0.25, -0.2) is 0 Å². The van der Waals surface area contributed by atoms with Crippen molar-refractivity contribution in [1.29, 1.82) is 0 Å². The molecule has 3 rings (SSSR count). The van der Waals surface area contributed by atoms with Crippen molar-refractivity contribution in [2.45, 2.75) is 39.2 Å². The maximum absolute atomic E-state index is 12.1. The molecule has 6 heteroatoms. The van der Waals surface area contributed by atoms with Gasteiger partial charge in [-0.05, 0) is 23.6 Å². The molecule has 110 valence electrons. The van der Waals surface area contributed by atoms with E-state index in [4.69, 9.17) is 20.9 Å². The largest absolute Gasteiger partial charge is 0.485 e. The number of aromatic nitrogens is 2. The number of hydrogen-bond donors (Lipinski definition) is 0. The van der Waals surface area contributed by atoms with E-state index in [1.165, 1.54) is 0 Å². The Bertz CT molecular complexity index is 696. The van der Waals surface area contributed by atoms with E-state index in [1.807, 2.05) is 13.8 Å². The van der Waals surface area contributed by atoms with Crippen molar-refractivity contribution in [2.75, 3.05) is 0 Å². The van der Waals surface area contributed by atoms with E-state index >= 15 is 0 Å². The first kappa shape index (κ1) is 14.1. The summed E-state index contributed by atoms with van der Waals surface area (Å²) < 4.78 is 10.7. The molecule has 0 amide bonds. The molecule has 1 atom stereocenters. The molecular weight excluding hydrogens is 292 g/mol. The van der Waals surface area contributed by atoms with E-state index < -0.39 is 0 Å². The third-order valence-electron chi connectivity index (χ3n) is 3.59. The molecule has 0 N–H and O–H groups in total. The summed E-state index contributed by atoms with van der Waals surface area (Å²) in [5.74, 6) is 1.76. The van der Waals surface area contributed by atoms with Gasteiger partial charge in [0.15, 0.2) is 12.4 Å². The number of carbonyl (C=O) groups is 1. The normalized spacial score (nSPS) is 17.1. The van der Waals surface area contributed by atoms with E-state index in [1.54, 1.807) is 12.1 Å². The van der Waals surface area contributed by atoms with E-state index in [2.05, 4.69) is 10.1 Å². The summed E-state index contributed by atoms with van der Waals surface area (Å²) in [5, 5.41) is 4.44. The van der Waals surface area contributed by atoms with E-state index in [0.717, 1.165) is 5.56 Å². The number of Topliss-reactive ketones (excluding diaryl/α,β-unsaturated/α-hetero) is 1. The summed E-state index contributed by atoms with van der Waals surface area (Å²) in [6.07, 6.45) is 1.15. The average molecular weight is 307 g/mol. The lowest BCUT2D eigenvalue weighted by Gasteiger charge is -2.11. The zero-order valence-corrected chi connectivity index (χ0v) is 12.6. The summed E-state index contributed by atoms with van der Waals surface area (Å²) in [6.45, 7) is 4.09. The Morgan fingerprint density at radius 3 is 3.00 bits per heavy atom. The first-order valence-electron chi connectivity index (χ1n) is 6.90. The Kier molecular flexibility index (Phi) is 3.68. The summed E-state index contributed by atoms with van der Waals surface area (Å²) in [7, 11) is 0. The monoisotopic (exact) mass is 306 g/mol. The summed E-state index contributed by atoms with van der Waals surface area (Å²) >= 11 is 6.19. The van der Waals surface area contributed by atoms with Gasteiger partial charge >= 0.3 is 0 Å². The van der Waals surface area contributed by atoms with Crippen LogP contribution in [0.2, 0.25) is 5.02 Å². The van der Waals surface area contributed by atoms with Crippen molar-refractivity contribution < 1.29 is 14.1 Å². The van der Waals surface area contributed by atoms with Crippen molar-refractivity contribution in [1.82, 2.24) is 10.1 Å². The number of ether oxygens (including phenoxy) is 1. The number of benzene rings is 1. The van der Waals surface area contributed by atoms with Gasteiger partial charge in [-0.2, -0.15) is 4.98 Å². The van der Waals surface area contributed by atoms with Gasteiger partial charge < -0.3 is 9.26 Å². The maximum Gasteiger partial charge on any atom is 0.226 e. The molecule has 0 saturated heterocycles. The molecule has 1 heterocycles. The Morgan fingerprint density at radius 2 is 2.29 bits per heavy atom. The minimum atomic E-state index is 0.0670. The van der Waals surface area contributed by atoms with Crippen molar-refractivity contribution in [2.24, 2.45) is 0 Å². The van der Waals surface area contributed by atoms with Crippen LogP contribution in [-0.2, 0) is 13.0 Å². The van der Waals surface area contributed by atoms with Crippen LogP contribution >= 0.6 is 11.6 Å². The SMILES string of the molecule is CCc1nc(COc2ccc(Cl)c3c2C(=O)C[C@H]3C)no1. The minimum absolute atomic E-state index is 0.0670. The number of ketones is 1. The van der Waals surface area contributed by atoms with Crippen LogP contribution in [0.25, 0.3) is 0 Å². The van der Waals surface area contributed by atoms with Crippen molar-refractivity contribution >= 4 is 17.4 Å². The third kappa shape index (κ3) is 2.53. The molecular formula is C15H15ClN2O3. The van der Waals surface area contributed by atoms with Gasteiger partial charge in [-0.1, -0.05) is 30.6 Å². The number of aryl methyl sites for hydroxylation is 1. The highest BCUT2D eigenvalue weighted by molar-refractivity contribution is 6.32. The first-order chi connectivity index (χ1) is 10.1. The van der Waals surface area contributed by atoms with Crippen LogP contribution in [0.3, 0.4) is 0 Å². The Hall–Kier alpha value is -1.88. The second-order valence-corrected chi connectivity index (χ2v) is 5.52. The van der Waals surface area contributed by atoms with Gasteiger partial charge in [-0.3, -0.25) is 4.79 Å². The molecule has 0 radical (unpaired) electrons. The van der Waals surface area contributed by atoms with E-state index in [9.17, 15) is 4.79 Å². The minimum Gasteiger partial charge on any atom is -0.485 e. The summed E-state index contributed by atoms with van der Waals surface area (Å²) in [5.41, 5.74) is 1.47. The molecule has 0 aliphatic heterocycles. The van der Waals surface area contributed by atoms with Gasteiger partial charge in [0.25, 0.3) is 0 Å². The topological polar surface area (TPSA) is 65.2 Å². The lowest BCUT2D eigenvalue weighted by Crippen LogP contribution is -2.03. The van der Waals surface area contributed by atoms with Crippen LogP contribution < -0.4 is 4.74 Å². The van der Waals surface area contributed by atoms with Crippen LogP contribution in [0.5, 0.6) is 5.75 Å². The molecule has 0 bridgehead atoms. The van der Waals surface area contributed by atoms with Gasteiger partial charge in [0.1, 0.15) is 5.75 Å². The van der Waals surface area contributed by atoms with Gasteiger partial charge in [0.05, 0.1) is 5.56 Å². The molecule has 0 fully saturated rings. The fourth-order valence-electron chi connectivity index (χ4n) is 2.58. The number of fused-ring (bicyclic) bond motifs is 1. The fraction of sp³-hybridized carbons (Fsp3) is 0.400. The Morgan fingerprint density at radius 1 is 1.48 bits per heavy atom. The number of halogens is 1. The summed E-state index contributed by atoms with van der Waals surface area (Å²) in [4.78, 5) is 16.3. The molecule has 5 nitrogen and oxygen atoms in total. The van der Waals surface area contributed by atoms with Crippen molar-refractivity contribution in [3.63, 3.8) is 0 Å². The quantitative estimate of drug-likeness (QED) is 0.864. The Labute approximate surface area is 127 Å². The highest BCUT2D eigenvalue weighted by Crippen LogP contribution is 2.42. The molecule has 1 aliphatic rings. The highest BCUT2D eigenvalue weighted by Gasteiger charge is 2.31. The predicted octanol–water partition coefficient (Wildman–Crippen LogP) is 3.55. The van der Waals surface area contributed by atoms with E-state index in [0.29, 0.717) is 40.9 Å². The number of rotatable bonds is 4. The zero-order valence-electron chi connectivity index (χ0n) is 11.9. The van der Waals surface area contributed by atoms with Crippen LogP contribution in [0, 0.1) is 0 Å². The number of nitrogens with zero attached hydrogens (tertiary/aromatic N) is 2. The zero-order chi connectivity index (χ0) is 15.0. The average Bonchev–Trinajstić information content (AvgIpc) is 3.04. The molecule has 0 saturated carbocycles. The molecule has 2 aromatic rings. The molecule has 21 heavy (non-hydrogen) atoms. The third-order valence-corrected chi connectivity index (χ3v) is 3.92. The van der Waals surface area contributed by atoms with E-state index in [-0.39, 0.29) is 18.3 Å². The van der Waals surface area contributed by atoms with Crippen LogP contribution in [0.4, 0.5) is 0 Å². The second-order valence-electron chi connectivity index (χ2n) is 5.11. The summed E-state index contributed by atoms with van der Waals surface area (Å²) in [6, 6.07) is 3.48. The molecule has 1 aromatic carbocycles. The smallest absolute Gasteiger partial charge is 0.226 e.